The summed E-state index contributed by atoms with van der Waals surface area (Å²) >= 11 is 0. The number of benzene rings is 2. The Morgan fingerprint density at radius 1 is 1.00 bits per heavy atom. The van der Waals surface area contributed by atoms with Crippen molar-refractivity contribution in [3.05, 3.63) is 47.5 Å². The van der Waals surface area contributed by atoms with Gasteiger partial charge in [-0.05, 0) is 21.9 Å². The monoisotopic (exact) mass is 237 g/mol. The van der Waals surface area contributed by atoms with E-state index in [1.54, 1.807) is 0 Å². The Balaban J connectivity index is 2.08. The molecule has 4 unspecified atom stereocenters. The topological polar surface area (TPSA) is 43.1 Å². The maximum absolute atomic E-state index is 12.1. The molecule has 0 bridgehead atoms. The maximum Gasteiger partial charge on any atom is 0.153 e. The van der Waals surface area contributed by atoms with Crippen LogP contribution in [-0.4, -0.2) is 11.8 Å². The number of ketones is 1. The van der Waals surface area contributed by atoms with Gasteiger partial charge in [0, 0.05) is 17.8 Å². The first-order valence-electron chi connectivity index (χ1n) is 6.51. The number of rotatable bonds is 0. The van der Waals surface area contributed by atoms with Crippen LogP contribution < -0.4 is 5.73 Å². The number of carbonyl (C=O) groups excluding carboxylic acids is 1. The first-order valence-corrected chi connectivity index (χ1v) is 6.51. The summed E-state index contributed by atoms with van der Waals surface area (Å²) in [5, 5.41) is 2.61. The van der Waals surface area contributed by atoms with Gasteiger partial charge in [-0.1, -0.05) is 43.3 Å². The first-order chi connectivity index (χ1) is 8.70. The number of nitrogens with two attached hydrogens (primary N) is 1. The van der Waals surface area contributed by atoms with Gasteiger partial charge in [0.1, 0.15) is 0 Å². The van der Waals surface area contributed by atoms with E-state index < -0.39 is 0 Å². The molecule has 4 rings (SSSR count). The molecule has 90 valence electrons. The summed E-state index contributed by atoms with van der Waals surface area (Å²) in [5.74, 6) is 0.738. The molecule has 2 heteroatoms. The summed E-state index contributed by atoms with van der Waals surface area (Å²) in [6.07, 6.45) is 0. The molecule has 2 nitrogen and oxygen atoms in total. The van der Waals surface area contributed by atoms with Gasteiger partial charge in [-0.15, -0.1) is 0 Å². The quantitative estimate of drug-likeness (QED) is 0.765. The van der Waals surface area contributed by atoms with Gasteiger partial charge in [0.2, 0.25) is 0 Å². The Morgan fingerprint density at radius 2 is 1.61 bits per heavy atom. The SMILES string of the molecule is CC1C(=O)C(N)C2c3cccc4cccc(c34)C12. The standard InChI is InChI=1S/C16H15NO/c1-8-12-10-6-2-4-9-5-3-7-11(13(9)10)14(12)15(17)16(8)18/h2-8,12,14-15H,17H2,1H3. The van der Waals surface area contributed by atoms with E-state index in [2.05, 4.69) is 36.4 Å². The summed E-state index contributed by atoms with van der Waals surface area (Å²) in [7, 11) is 0. The van der Waals surface area contributed by atoms with E-state index in [0.717, 1.165) is 0 Å². The predicted molar refractivity (Wildman–Crippen MR) is 71.6 cm³/mol. The molecule has 1 fully saturated rings. The van der Waals surface area contributed by atoms with Gasteiger partial charge >= 0.3 is 0 Å². The van der Waals surface area contributed by atoms with Crippen molar-refractivity contribution < 1.29 is 4.79 Å². The van der Waals surface area contributed by atoms with Crippen LogP contribution in [0.3, 0.4) is 0 Å². The third-order valence-corrected chi connectivity index (χ3v) is 4.78. The highest BCUT2D eigenvalue weighted by atomic mass is 16.1. The van der Waals surface area contributed by atoms with Crippen LogP contribution in [0.5, 0.6) is 0 Å². The highest BCUT2D eigenvalue weighted by molar-refractivity contribution is 5.99. The fourth-order valence-corrected chi connectivity index (χ4v) is 4.00. The smallest absolute Gasteiger partial charge is 0.153 e. The van der Waals surface area contributed by atoms with E-state index in [1.165, 1.54) is 21.9 Å². The third-order valence-electron chi connectivity index (χ3n) is 4.78. The lowest BCUT2D eigenvalue weighted by Crippen LogP contribution is -2.31. The third kappa shape index (κ3) is 1.01. The zero-order valence-corrected chi connectivity index (χ0v) is 10.3. The summed E-state index contributed by atoms with van der Waals surface area (Å²) in [5.41, 5.74) is 8.76. The lowest BCUT2D eigenvalue weighted by Gasteiger charge is -2.16. The van der Waals surface area contributed by atoms with Gasteiger partial charge in [0.15, 0.2) is 5.78 Å². The van der Waals surface area contributed by atoms with Crippen LogP contribution in [0.4, 0.5) is 0 Å². The average molecular weight is 237 g/mol. The van der Waals surface area contributed by atoms with Crippen LogP contribution in [0.15, 0.2) is 36.4 Å². The molecular formula is C16H15NO. The summed E-state index contributed by atoms with van der Waals surface area (Å²) in [6.45, 7) is 2.03. The van der Waals surface area contributed by atoms with Crippen molar-refractivity contribution in [2.24, 2.45) is 11.7 Å². The molecule has 1 saturated carbocycles. The molecule has 2 aromatic carbocycles. The van der Waals surface area contributed by atoms with Crippen molar-refractivity contribution in [3.63, 3.8) is 0 Å². The van der Waals surface area contributed by atoms with Gasteiger partial charge in [0.25, 0.3) is 0 Å². The minimum absolute atomic E-state index is 0.0444. The van der Waals surface area contributed by atoms with E-state index in [1.807, 2.05) is 6.92 Å². The molecule has 0 spiro atoms. The zero-order valence-electron chi connectivity index (χ0n) is 10.3. The highest BCUT2D eigenvalue weighted by Crippen LogP contribution is 2.55. The Kier molecular flexibility index (Phi) is 1.83. The van der Waals surface area contributed by atoms with Crippen LogP contribution in [-0.2, 0) is 4.79 Å². The fraction of sp³-hybridized carbons (Fsp3) is 0.312. The Bertz CT molecular complexity index is 623. The molecule has 2 aromatic rings. The zero-order chi connectivity index (χ0) is 12.4. The van der Waals surface area contributed by atoms with Crippen LogP contribution in [0, 0.1) is 5.92 Å². The molecule has 0 amide bonds. The molecule has 2 aliphatic carbocycles. The molecule has 0 heterocycles. The first kappa shape index (κ1) is 10.3. The normalized spacial score (nSPS) is 33.1. The van der Waals surface area contributed by atoms with E-state index in [-0.39, 0.29) is 29.6 Å². The van der Waals surface area contributed by atoms with Crippen molar-refractivity contribution in [1.82, 2.24) is 0 Å². The predicted octanol–water partition coefficient (Wildman–Crippen LogP) is 2.57. The number of hydrogen-bond donors (Lipinski definition) is 1. The van der Waals surface area contributed by atoms with Gasteiger partial charge < -0.3 is 5.73 Å². The second kappa shape index (κ2) is 3.21. The van der Waals surface area contributed by atoms with E-state index in [9.17, 15) is 4.79 Å². The lowest BCUT2D eigenvalue weighted by molar-refractivity contribution is -0.121. The van der Waals surface area contributed by atoms with E-state index >= 15 is 0 Å². The maximum atomic E-state index is 12.1. The van der Waals surface area contributed by atoms with Crippen molar-refractivity contribution in [2.75, 3.05) is 0 Å². The minimum Gasteiger partial charge on any atom is -0.321 e. The molecular weight excluding hydrogens is 222 g/mol. The van der Waals surface area contributed by atoms with Gasteiger partial charge in [-0.3, -0.25) is 4.79 Å². The van der Waals surface area contributed by atoms with Crippen molar-refractivity contribution in [2.45, 2.75) is 24.8 Å². The van der Waals surface area contributed by atoms with E-state index in [4.69, 9.17) is 5.73 Å². The number of carbonyl (C=O) groups is 1. The highest BCUT2D eigenvalue weighted by Gasteiger charge is 2.51. The molecule has 2 N–H and O–H groups in total. The molecule has 0 radical (unpaired) electrons. The summed E-state index contributed by atoms with van der Waals surface area (Å²) < 4.78 is 0. The molecule has 0 aliphatic heterocycles. The van der Waals surface area contributed by atoms with Gasteiger partial charge in [0.05, 0.1) is 6.04 Å². The van der Waals surface area contributed by atoms with Gasteiger partial charge in [-0.2, -0.15) is 0 Å². The lowest BCUT2D eigenvalue weighted by atomic mass is 9.87. The number of hydrogen-bond acceptors (Lipinski definition) is 2. The molecule has 4 atom stereocenters. The van der Waals surface area contributed by atoms with Crippen molar-refractivity contribution in [3.8, 4) is 0 Å². The second-order valence-electron chi connectivity index (χ2n) is 5.56. The molecule has 0 aromatic heterocycles. The summed E-state index contributed by atoms with van der Waals surface area (Å²) in [6, 6.07) is 12.4. The van der Waals surface area contributed by atoms with Crippen LogP contribution in [0.25, 0.3) is 10.8 Å². The molecule has 0 saturated heterocycles. The average Bonchev–Trinajstić information content (AvgIpc) is 2.83. The Hall–Kier alpha value is -1.67. The Morgan fingerprint density at radius 3 is 2.28 bits per heavy atom. The van der Waals surface area contributed by atoms with Crippen LogP contribution in [0.1, 0.15) is 29.9 Å². The number of Topliss-reactive ketones (excluding diaryl/α,β-unsaturated/α-hetero) is 1. The largest absolute Gasteiger partial charge is 0.321 e. The molecule has 2 aliphatic rings. The van der Waals surface area contributed by atoms with Crippen LogP contribution in [0.2, 0.25) is 0 Å². The van der Waals surface area contributed by atoms with Crippen molar-refractivity contribution in [1.29, 1.82) is 0 Å². The minimum atomic E-state index is -0.331. The van der Waals surface area contributed by atoms with E-state index in [0.29, 0.717) is 0 Å². The van der Waals surface area contributed by atoms with Crippen LogP contribution >= 0.6 is 0 Å². The molecule has 18 heavy (non-hydrogen) atoms. The van der Waals surface area contributed by atoms with Crippen molar-refractivity contribution >= 4 is 16.6 Å². The fourth-order valence-electron chi connectivity index (χ4n) is 4.00. The Labute approximate surface area is 106 Å². The van der Waals surface area contributed by atoms with Gasteiger partial charge in [-0.25, -0.2) is 0 Å². The summed E-state index contributed by atoms with van der Waals surface area (Å²) in [4.78, 5) is 12.1. The second-order valence-corrected chi connectivity index (χ2v) is 5.56. The number of fused-ring (bicyclic) bond motifs is 3.